The normalized spacial score (nSPS) is 21.3. The lowest BCUT2D eigenvalue weighted by Crippen LogP contribution is -2.45. The van der Waals surface area contributed by atoms with Gasteiger partial charge in [-0.25, -0.2) is 0 Å². The number of carbonyl (C=O) groups is 1. The Morgan fingerprint density at radius 2 is 1.77 bits per heavy atom. The van der Waals surface area contributed by atoms with Crippen LogP contribution in [-0.2, 0) is 16.1 Å². The number of hydrogen-bond acceptors (Lipinski definition) is 4. The summed E-state index contributed by atoms with van der Waals surface area (Å²) >= 11 is 6.88. The number of amides is 1. The molecule has 6 heteroatoms. The fourth-order valence-electron chi connectivity index (χ4n) is 4.51. The van der Waals surface area contributed by atoms with Gasteiger partial charge in [-0.05, 0) is 81.8 Å². The van der Waals surface area contributed by atoms with Crippen molar-refractivity contribution in [1.82, 2.24) is 10.3 Å². The van der Waals surface area contributed by atoms with Gasteiger partial charge in [0.1, 0.15) is 0 Å². The van der Waals surface area contributed by atoms with E-state index in [0.717, 1.165) is 46.9 Å². The minimum absolute atomic E-state index is 0.116. The lowest BCUT2D eigenvalue weighted by atomic mass is 9.97. The maximum absolute atomic E-state index is 12.4. The van der Waals surface area contributed by atoms with Gasteiger partial charge >= 0.3 is 0 Å². The minimum atomic E-state index is 0.116. The van der Waals surface area contributed by atoms with Crippen LogP contribution >= 0.6 is 11.6 Å². The molecule has 2 fully saturated rings. The first-order valence-corrected chi connectivity index (χ1v) is 11.6. The van der Waals surface area contributed by atoms with Crippen LogP contribution in [0.2, 0.25) is 5.02 Å². The third-order valence-corrected chi connectivity index (χ3v) is 6.26. The van der Waals surface area contributed by atoms with Gasteiger partial charge in [-0.2, -0.15) is 0 Å². The van der Waals surface area contributed by atoms with Gasteiger partial charge in [-0.15, -0.1) is 0 Å². The second-order valence-corrected chi connectivity index (χ2v) is 9.59. The topological polar surface area (TPSA) is 54.5 Å². The average molecular weight is 442 g/mol. The van der Waals surface area contributed by atoms with Gasteiger partial charge in [0.25, 0.3) is 0 Å². The molecule has 2 aromatic rings. The van der Waals surface area contributed by atoms with E-state index in [1.54, 1.807) is 0 Å². The smallest absolute Gasteiger partial charge is 0.220 e. The molecule has 5 nitrogen and oxygen atoms in total. The van der Waals surface area contributed by atoms with Crippen LogP contribution < -0.4 is 10.2 Å². The van der Waals surface area contributed by atoms with Crippen LogP contribution in [0.15, 0.2) is 24.3 Å². The summed E-state index contributed by atoms with van der Waals surface area (Å²) in [4.78, 5) is 19.2. The Bertz CT molecular complexity index is 943. The summed E-state index contributed by atoms with van der Waals surface area (Å²) in [7, 11) is 0. The van der Waals surface area contributed by atoms with E-state index in [1.165, 1.54) is 12.8 Å². The molecule has 0 radical (unpaired) electrons. The van der Waals surface area contributed by atoms with Gasteiger partial charge in [-0.1, -0.05) is 11.6 Å². The summed E-state index contributed by atoms with van der Waals surface area (Å²) in [5.41, 5.74) is 6.02. The molecule has 166 valence electrons. The van der Waals surface area contributed by atoms with Crippen molar-refractivity contribution in [3.63, 3.8) is 0 Å². The van der Waals surface area contributed by atoms with Crippen LogP contribution in [0.1, 0.15) is 50.1 Å². The van der Waals surface area contributed by atoms with Crippen molar-refractivity contribution < 1.29 is 9.53 Å². The highest BCUT2D eigenvalue weighted by Crippen LogP contribution is 2.37. The Hall–Kier alpha value is -2.11. The second-order valence-electron chi connectivity index (χ2n) is 9.19. The molecular weight excluding hydrogens is 410 g/mol. The first kappa shape index (κ1) is 22.1. The summed E-state index contributed by atoms with van der Waals surface area (Å²) in [5, 5.41) is 3.82. The van der Waals surface area contributed by atoms with E-state index >= 15 is 0 Å². The SMILES string of the molecule is Cc1cc(-c2c(Cl)cc(N3C[C@@H](C)O[C@@H](C)C3)cc2CNC(=O)CC2CC2)cc(C)n1. The molecule has 0 bridgehead atoms. The Morgan fingerprint density at radius 1 is 1.13 bits per heavy atom. The number of nitrogens with zero attached hydrogens (tertiary/aromatic N) is 2. The summed E-state index contributed by atoms with van der Waals surface area (Å²) < 4.78 is 5.90. The third kappa shape index (κ3) is 5.58. The van der Waals surface area contributed by atoms with Crippen molar-refractivity contribution in [2.75, 3.05) is 18.0 Å². The fourth-order valence-corrected chi connectivity index (χ4v) is 4.85. The summed E-state index contributed by atoms with van der Waals surface area (Å²) in [6.07, 6.45) is 3.28. The Morgan fingerprint density at radius 3 is 2.39 bits per heavy atom. The maximum Gasteiger partial charge on any atom is 0.220 e. The van der Waals surface area contributed by atoms with Crippen LogP contribution in [0, 0.1) is 19.8 Å². The van der Waals surface area contributed by atoms with E-state index < -0.39 is 0 Å². The highest BCUT2D eigenvalue weighted by molar-refractivity contribution is 6.33. The number of nitrogens with one attached hydrogen (secondary N) is 1. The predicted octanol–water partition coefficient (Wildman–Crippen LogP) is 5.05. The van der Waals surface area contributed by atoms with Crippen molar-refractivity contribution in [2.24, 2.45) is 5.92 Å². The first-order chi connectivity index (χ1) is 14.8. The lowest BCUT2D eigenvalue weighted by molar-refractivity contribution is -0.121. The highest BCUT2D eigenvalue weighted by Gasteiger charge is 2.26. The van der Waals surface area contributed by atoms with E-state index in [-0.39, 0.29) is 18.1 Å². The van der Waals surface area contributed by atoms with Gasteiger partial charge in [0, 0.05) is 48.7 Å². The molecule has 1 aliphatic heterocycles. The monoisotopic (exact) mass is 441 g/mol. The number of carbonyl (C=O) groups excluding carboxylic acids is 1. The summed E-state index contributed by atoms with van der Waals surface area (Å²) in [5.74, 6) is 0.682. The van der Waals surface area contributed by atoms with Gasteiger partial charge in [0.05, 0.1) is 17.2 Å². The number of pyridine rings is 1. The zero-order chi connectivity index (χ0) is 22.1. The van der Waals surface area contributed by atoms with Crippen molar-refractivity contribution in [1.29, 1.82) is 0 Å². The molecule has 1 amide bonds. The number of rotatable bonds is 6. The maximum atomic E-state index is 12.4. The van der Waals surface area contributed by atoms with Gasteiger partial charge < -0.3 is 15.0 Å². The molecule has 2 atom stereocenters. The number of morpholine rings is 1. The van der Waals surface area contributed by atoms with E-state index in [9.17, 15) is 4.79 Å². The number of benzene rings is 1. The number of hydrogen-bond donors (Lipinski definition) is 1. The summed E-state index contributed by atoms with van der Waals surface area (Å²) in [6.45, 7) is 10.3. The minimum Gasteiger partial charge on any atom is -0.372 e. The standard InChI is InChI=1S/C25H32ClN3O2/c1-15-7-20(8-16(2)28-15)25-21(12-27-24(30)9-19-5-6-19)10-22(11-23(25)26)29-13-17(3)31-18(4)14-29/h7-8,10-11,17-19H,5-6,9,12-14H2,1-4H3,(H,27,30)/t17-,18+. The number of aryl methyl sites for hydroxylation is 2. The Balaban J connectivity index is 1.69. The molecule has 1 aliphatic carbocycles. The quantitative estimate of drug-likeness (QED) is 0.681. The molecule has 2 heterocycles. The van der Waals surface area contributed by atoms with E-state index in [0.29, 0.717) is 23.9 Å². The van der Waals surface area contributed by atoms with E-state index in [1.807, 2.05) is 19.9 Å². The molecule has 31 heavy (non-hydrogen) atoms. The number of ether oxygens (including phenoxy) is 1. The predicted molar refractivity (Wildman–Crippen MR) is 126 cm³/mol. The van der Waals surface area contributed by atoms with Crippen molar-refractivity contribution in [2.45, 2.75) is 65.7 Å². The Labute approximate surface area is 190 Å². The number of halogens is 1. The fraction of sp³-hybridized carbons (Fsp3) is 0.520. The molecular formula is C25H32ClN3O2. The van der Waals surface area contributed by atoms with Gasteiger partial charge in [0.2, 0.25) is 5.91 Å². The summed E-state index contributed by atoms with van der Waals surface area (Å²) in [6, 6.07) is 8.33. The molecule has 1 saturated carbocycles. The van der Waals surface area contributed by atoms with Crippen molar-refractivity contribution in [3.05, 3.63) is 46.2 Å². The van der Waals surface area contributed by atoms with Crippen molar-refractivity contribution in [3.8, 4) is 11.1 Å². The Kier molecular flexibility index (Phi) is 6.54. The molecule has 4 rings (SSSR count). The van der Waals surface area contributed by atoms with Crippen molar-refractivity contribution >= 4 is 23.2 Å². The molecule has 0 unspecified atom stereocenters. The van der Waals surface area contributed by atoms with Crippen LogP contribution in [0.4, 0.5) is 5.69 Å². The van der Waals surface area contributed by atoms with Gasteiger partial charge in [0.15, 0.2) is 0 Å². The largest absolute Gasteiger partial charge is 0.372 e. The molecule has 2 aliphatic rings. The van der Waals surface area contributed by atoms with E-state index in [2.05, 4.69) is 47.2 Å². The highest BCUT2D eigenvalue weighted by atomic mass is 35.5. The zero-order valence-corrected chi connectivity index (χ0v) is 19.6. The van der Waals surface area contributed by atoms with Crippen LogP contribution in [-0.4, -0.2) is 36.2 Å². The molecule has 0 spiro atoms. The van der Waals surface area contributed by atoms with E-state index in [4.69, 9.17) is 16.3 Å². The molecule has 1 saturated heterocycles. The first-order valence-electron chi connectivity index (χ1n) is 11.2. The van der Waals surface area contributed by atoms with Crippen LogP contribution in [0.5, 0.6) is 0 Å². The van der Waals surface area contributed by atoms with Gasteiger partial charge in [-0.3, -0.25) is 9.78 Å². The molecule has 1 aromatic heterocycles. The molecule has 1 aromatic carbocycles. The zero-order valence-electron chi connectivity index (χ0n) is 18.9. The van der Waals surface area contributed by atoms with Crippen LogP contribution in [0.3, 0.4) is 0 Å². The molecule has 1 N–H and O–H groups in total. The number of aromatic nitrogens is 1. The lowest BCUT2D eigenvalue weighted by Gasteiger charge is -2.37. The van der Waals surface area contributed by atoms with Crippen LogP contribution in [0.25, 0.3) is 11.1 Å². The second kappa shape index (κ2) is 9.17. The number of anilines is 1. The average Bonchev–Trinajstić information content (AvgIpc) is 3.48. The third-order valence-electron chi connectivity index (χ3n) is 5.96.